The predicted octanol–water partition coefficient (Wildman–Crippen LogP) is 3.12. The first kappa shape index (κ1) is 16.8. The molecule has 122 valence electrons. The number of carbonyl (C=O) groups is 1. The van der Waals surface area contributed by atoms with Crippen molar-refractivity contribution in [1.82, 2.24) is 9.88 Å². The van der Waals surface area contributed by atoms with Crippen LogP contribution in [0.3, 0.4) is 0 Å². The number of aromatic nitrogens is 1. The van der Waals surface area contributed by atoms with Crippen LogP contribution in [0.2, 0.25) is 0 Å². The Kier molecular flexibility index (Phi) is 6.25. The summed E-state index contributed by atoms with van der Waals surface area (Å²) in [5.41, 5.74) is 3.66. The quantitative estimate of drug-likeness (QED) is 0.627. The zero-order valence-electron chi connectivity index (χ0n) is 13.8. The van der Waals surface area contributed by atoms with Crippen molar-refractivity contribution in [2.45, 2.75) is 58.4 Å². The molecule has 0 spiro atoms. The molecule has 0 radical (unpaired) electrons. The molecule has 22 heavy (non-hydrogen) atoms. The number of hydrogen-bond acceptors (Lipinski definition) is 2. The van der Waals surface area contributed by atoms with Gasteiger partial charge in [0.25, 0.3) is 0 Å². The van der Waals surface area contributed by atoms with E-state index in [-0.39, 0.29) is 12.5 Å². The third-order valence-electron chi connectivity index (χ3n) is 4.51. The molecule has 1 aliphatic carbocycles. The Labute approximate surface area is 133 Å². The molecule has 4 heteroatoms. The lowest BCUT2D eigenvalue weighted by Crippen LogP contribution is -2.22. The van der Waals surface area contributed by atoms with Gasteiger partial charge < -0.3 is 15.0 Å². The molecule has 1 fully saturated rings. The van der Waals surface area contributed by atoms with E-state index in [0.717, 1.165) is 5.56 Å². The van der Waals surface area contributed by atoms with E-state index in [1.165, 1.54) is 43.5 Å². The van der Waals surface area contributed by atoms with Crippen molar-refractivity contribution in [1.29, 1.82) is 0 Å². The normalized spacial score (nSPS) is 16.3. The third kappa shape index (κ3) is 4.23. The van der Waals surface area contributed by atoms with Crippen LogP contribution in [-0.4, -0.2) is 28.7 Å². The van der Waals surface area contributed by atoms with Gasteiger partial charge in [0.2, 0.25) is 5.91 Å². The smallest absolute Gasteiger partial charge is 0.244 e. The summed E-state index contributed by atoms with van der Waals surface area (Å²) in [6, 6.07) is 2.79. The minimum absolute atomic E-state index is 0.101. The highest BCUT2D eigenvalue weighted by Gasteiger charge is 2.19. The Bertz CT molecular complexity index is 525. The average Bonchev–Trinajstić information content (AvgIpc) is 2.80. The third-order valence-corrected chi connectivity index (χ3v) is 4.51. The standard InChI is InChI=1S/C18H28N2O2/c1-14-13-16(9-10-18(22)19-11-6-12-21)15(2)20(14)17-7-4-3-5-8-17/h9-10,13,17,21H,3-8,11-12H2,1-2H3,(H,19,22)/b10-9+. The van der Waals surface area contributed by atoms with Crippen LogP contribution in [0.5, 0.6) is 0 Å². The number of aryl methyl sites for hydroxylation is 1. The Hall–Kier alpha value is -1.55. The SMILES string of the molecule is Cc1cc(/C=C/C(=O)NCCCO)c(C)n1C1CCCCC1. The summed E-state index contributed by atoms with van der Waals surface area (Å²) in [6.45, 7) is 4.92. The summed E-state index contributed by atoms with van der Waals surface area (Å²) in [7, 11) is 0. The molecule has 0 aromatic carbocycles. The highest BCUT2D eigenvalue weighted by atomic mass is 16.3. The Balaban J connectivity index is 2.04. The van der Waals surface area contributed by atoms with Gasteiger partial charge >= 0.3 is 0 Å². The molecule has 0 unspecified atom stereocenters. The largest absolute Gasteiger partial charge is 0.396 e. The summed E-state index contributed by atoms with van der Waals surface area (Å²) >= 11 is 0. The predicted molar refractivity (Wildman–Crippen MR) is 89.8 cm³/mol. The lowest BCUT2D eigenvalue weighted by atomic mass is 9.95. The fourth-order valence-corrected chi connectivity index (χ4v) is 3.39. The van der Waals surface area contributed by atoms with Crippen LogP contribution in [0, 0.1) is 13.8 Å². The number of aliphatic hydroxyl groups excluding tert-OH is 1. The zero-order valence-corrected chi connectivity index (χ0v) is 13.8. The summed E-state index contributed by atoms with van der Waals surface area (Å²) in [5, 5.41) is 11.5. The molecule has 1 heterocycles. The van der Waals surface area contributed by atoms with Crippen LogP contribution in [0.4, 0.5) is 0 Å². The number of hydrogen-bond donors (Lipinski definition) is 2. The van der Waals surface area contributed by atoms with Gasteiger partial charge in [-0.25, -0.2) is 0 Å². The molecule has 0 bridgehead atoms. The summed E-state index contributed by atoms with van der Waals surface area (Å²) in [6.07, 6.45) is 10.6. The second kappa shape index (κ2) is 8.18. The van der Waals surface area contributed by atoms with Gasteiger partial charge in [0.15, 0.2) is 0 Å². The van der Waals surface area contributed by atoms with Crippen molar-refractivity contribution < 1.29 is 9.90 Å². The van der Waals surface area contributed by atoms with Crippen LogP contribution < -0.4 is 5.32 Å². The van der Waals surface area contributed by atoms with E-state index < -0.39 is 0 Å². The zero-order chi connectivity index (χ0) is 15.9. The first-order chi connectivity index (χ1) is 10.6. The number of nitrogens with one attached hydrogen (secondary N) is 1. The van der Waals surface area contributed by atoms with Crippen molar-refractivity contribution in [3.05, 3.63) is 29.1 Å². The Morgan fingerprint density at radius 3 is 2.77 bits per heavy atom. The van der Waals surface area contributed by atoms with E-state index in [4.69, 9.17) is 5.11 Å². The Morgan fingerprint density at radius 1 is 1.36 bits per heavy atom. The molecule has 2 rings (SSSR count). The maximum absolute atomic E-state index is 11.7. The monoisotopic (exact) mass is 304 g/mol. The minimum Gasteiger partial charge on any atom is -0.396 e. The molecular formula is C18H28N2O2. The van der Waals surface area contributed by atoms with Crippen molar-refractivity contribution >= 4 is 12.0 Å². The lowest BCUT2D eigenvalue weighted by Gasteiger charge is -2.26. The van der Waals surface area contributed by atoms with Gasteiger partial charge in [-0.3, -0.25) is 4.79 Å². The van der Waals surface area contributed by atoms with Gasteiger partial charge in [0.1, 0.15) is 0 Å². The summed E-state index contributed by atoms with van der Waals surface area (Å²) in [4.78, 5) is 11.7. The van der Waals surface area contributed by atoms with Crippen molar-refractivity contribution in [3.63, 3.8) is 0 Å². The van der Waals surface area contributed by atoms with Crippen LogP contribution in [-0.2, 0) is 4.79 Å². The van der Waals surface area contributed by atoms with E-state index in [9.17, 15) is 4.79 Å². The van der Waals surface area contributed by atoms with Gasteiger partial charge in [-0.05, 0) is 50.8 Å². The molecular weight excluding hydrogens is 276 g/mol. The molecule has 1 aliphatic rings. The lowest BCUT2D eigenvalue weighted by molar-refractivity contribution is -0.116. The molecule has 0 atom stereocenters. The van der Waals surface area contributed by atoms with Crippen molar-refractivity contribution in [2.24, 2.45) is 0 Å². The van der Waals surface area contributed by atoms with E-state index in [1.807, 2.05) is 6.08 Å². The molecule has 0 aliphatic heterocycles. The Morgan fingerprint density at radius 2 is 2.09 bits per heavy atom. The maximum Gasteiger partial charge on any atom is 0.244 e. The molecule has 1 saturated carbocycles. The number of nitrogens with zero attached hydrogens (tertiary/aromatic N) is 1. The molecule has 0 saturated heterocycles. The number of aliphatic hydroxyl groups is 1. The van der Waals surface area contributed by atoms with E-state index in [1.54, 1.807) is 6.08 Å². The topological polar surface area (TPSA) is 54.3 Å². The molecule has 1 amide bonds. The van der Waals surface area contributed by atoms with Gasteiger partial charge in [-0.1, -0.05) is 19.3 Å². The van der Waals surface area contributed by atoms with Crippen molar-refractivity contribution in [3.8, 4) is 0 Å². The fraction of sp³-hybridized carbons (Fsp3) is 0.611. The van der Waals surface area contributed by atoms with Gasteiger partial charge in [-0.15, -0.1) is 0 Å². The van der Waals surface area contributed by atoms with E-state index >= 15 is 0 Å². The number of rotatable bonds is 6. The number of amides is 1. The first-order valence-corrected chi connectivity index (χ1v) is 8.38. The molecule has 1 aromatic rings. The van der Waals surface area contributed by atoms with Crippen LogP contribution in [0.1, 0.15) is 61.5 Å². The molecule has 4 nitrogen and oxygen atoms in total. The molecule has 2 N–H and O–H groups in total. The fourth-order valence-electron chi connectivity index (χ4n) is 3.39. The van der Waals surface area contributed by atoms with Crippen LogP contribution in [0.25, 0.3) is 6.08 Å². The average molecular weight is 304 g/mol. The van der Waals surface area contributed by atoms with E-state index in [2.05, 4.69) is 29.8 Å². The molecule has 1 aromatic heterocycles. The second-order valence-corrected chi connectivity index (χ2v) is 6.19. The summed E-state index contributed by atoms with van der Waals surface area (Å²) < 4.78 is 2.45. The van der Waals surface area contributed by atoms with Crippen LogP contribution in [0.15, 0.2) is 12.1 Å². The number of carbonyl (C=O) groups excluding carboxylic acids is 1. The van der Waals surface area contributed by atoms with Crippen LogP contribution >= 0.6 is 0 Å². The first-order valence-electron chi connectivity index (χ1n) is 8.38. The highest BCUT2D eigenvalue weighted by Crippen LogP contribution is 2.32. The van der Waals surface area contributed by atoms with Crippen molar-refractivity contribution in [2.75, 3.05) is 13.2 Å². The minimum atomic E-state index is -0.101. The maximum atomic E-state index is 11.7. The second-order valence-electron chi connectivity index (χ2n) is 6.19. The van der Waals surface area contributed by atoms with Gasteiger partial charge in [0.05, 0.1) is 0 Å². The highest BCUT2D eigenvalue weighted by molar-refractivity contribution is 5.91. The van der Waals surface area contributed by atoms with E-state index in [0.29, 0.717) is 19.0 Å². The van der Waals surface area contributed by atoms with Gasteiger partial charge in [0, 0.05) is 36.7 Å². The summed E-state index contributed by atoms with van der Waals surface area (Å²) in [5.74, 6) is -0.101. The van der Waals surface area contributed by atoms with Gasteiger partial charge in [-0.2, -0.15) is 0 Å².